The molecule has 0 bridgehead atoms. The van der Waals surface area contributed by atoms with Crippen molar-refractivity contribution in [2.24, 2.45) is 5.73 Å². The molecule has 5 heteroatoms. The minimum atomic E-state index is -0.507. The van der Waals surface area contributed by atoms with Crippen LogP contribution in [0.4, 0.5) is 0 Å². The molecule has 0 unspecified atom stereocenters. The van der Waals surface area contributed by atoms with Gasteiger partial charge in [-0.1, -0.05) is 11.6 Å². The topological polar surface area (TPSA) is 71.8 Å². The Morgan fingerprint density at radius 2 is 2.38 bits per heavy atom. The highest BCUT2D eigenvalue weighted by Gasteiger charge is 2.07. The summed E-state index contributed by atoms with van der Waals surface area (Å²) in [6, 6.07) is 3.32. The first-order valence-corrected chi connectivity index (χ1v) is 3.99. The summed E-state index contributed by atoms with van der Waals surface area (Å²) in [5.74, 6) is -0.507. The first-order chi connectivity index (χ1) is 6.18. The number of aromatic amines is 1. The summed E-state index contributed by atoms with van der Waals surface area (Å²) in [6.07, 6.45) is 1.56. The number of H-pyrrole nitrogens is 1. The zero-order valence-corrected chi connectivity index (χ0v) is 7.30. The molecular formula is C8H6ClN3O. The van der Waals surface area contributed by atoms with Crippen LogP contribution in [0, 0.1) is 0 Å². The molecular weight excluding hydrogens is 190 g/mol. The molecule has 2 heterocycles. The van der Waals surface area contributed by atoms with Crippen molar-refractivity contribution < 1.29 is 4.79 Å². The van der Waals surface area contributed by atoms with Crippen LogP contribution >= 0.6 is 11.6 Å². The lowest BCUT2D eigenvalue weighted by molar-refractivity contribution is 0.0996. The number of nitrogens with one attached hydrogen (secondary N) is 1. The van der Waals surface area contributed by atoms with Gasteiger partial charge in [0.2, 0.25) is 0 Å². The fraction of sp³-hybridized carbons (Fsp3) is 0. The van der Waals surface area contributed by atoms with E-state index in [9.17, 15) is 4.79 Å². The maximum absolute atomic E-state index is 10.8. The van der Waals surface area contributed by atoms with Crippen molar-refractivity contribution in [2.75, 3.05) is 0 Å². The molecule has 2 aromatic heterocycles. The molecule has 2 rings (SSSR count). The van der Waals surface area contributed by atoms with Gasteiger partial charge in [0, 0.05) is 11.6 Å². The smallest absolute Gasteiger partial charge is 0.265 e. The highest BCUT2D eigenvalue weighted by atomic mass is 35.5. The Balaban J connectivity index is 2.75. The molecule has 2 aromatic rings. The van der Waals surface area contributed by atoms with E-state index in [0.29, 0.717) is 16.2 Å². The maximum Gasteiger partial charge on any atom is 0.265 e. The van der Waals surface area contributed by atoms with Crippen LogP contribution in [0.3, 0.4) is 0 Å². The van der Waals surface area contributed by atoms with Crippen molar-refractivity contribution in [3.05, 3.63) is 29.2 Å². The predicted octanol–water partition coefficient (Wildman–Crippen LogP) is 1.32. The van der Waals surface area contributed by atoms with Crippen molar-refractivity contribution in [1.29, 1.82) is 0 Å². The third kappa shape index (κ3) is 1.25. The van der Waals surface area contributed by atoms with Gasteiger partial charge < -0.3 is 10.7 Å². The van der Waals surface area contributed by atoms with Gasteiger partial charge in [0.25, 0.3) is 5.91 Å². The molecule has 1 amide bonds. The molecule has 13 heavy (non-hydrogen) atoms. The van der Waals surface area contributed by atoms with Gasteiger partial charge in [-0.15, -0.1) is 0 Å². The van der Waals surface area contributed by atoms with E-state index in [2.05, 4.69) is 9.97 Å². The quantitative estimate of drug-likeness (QED) is 0.674. The summed E-state index contributed by atoms with van der Waals surface area (Å²) in [5.41, 5.74) is 6.19. The lowest BCUT2D eigenvalue weighted by Gasteiger charge is -1.89. The standard InChI is InChI=1S/C8H6ClN3O/c9-7-4-3-6(8(10)13)12-5(4)1-2-11-7/h1-3,12H,(H2,10,13). The monoisotopic (exact) mass is 195 g/mol. The van der Waals surface area contributed by atoms with E-state index in [0.717, 1.165) is 5.52 Å². The van der Waals surface area contributed by atoms with E-state index < -0.39 is 5.91 Å². The second kappa shape index (κ2) is 2.74. The maximum atomic E-state index is 10.8. The zero-order valence-electron chi connectivity index (χ0n) is 6.54. The number of carbonyl (C=O) groups is 1. The average molecular weight is 196 g/mol. The van der Waals surface area contributed by atoms with Gasteiger partial charge >= 0.3 is 0 Å². The Labute approximate surface area is 78.7 Å². The fourth-order valence-electron chi connectivity index (χ4n) is 1.15. The van der Waals surface area contributed by atoms with Crippen molar-refractivity contribution in [1.82, 2.24) is 9.97 Å². The SMILES string of the molecule is NC(=O)c1cc2c(Cl)nccc2[nH]1. The number of amides is 1. The molecule has 0 spiro atoms. The number of fused-ring (bicyclic) bond motifs is 1. The molecule has 0 fully saturated rings. The molecule has 4 nitrogen and oxygen atoms in total. The van der Waals surface area contributed by atoms with E-state index in [1.165, 1.54) is 0 Å². The summed E-state index contributed by atoms with van der Waals surface area (Å²) in [4.78, 5) is 17.5. The van der Waals surface area contributed by atoms with Gasteiger partial charge in [-0.05, 0) is 12.1 Å². The average Bonchev–Trinajstić information content (AvgIpc) is 2.49. The first-order valence-electron chi connectivity index (χ1n) is 3.61. The third-order valence-corrected chi connectivity index (χ3v) is 2.07. The number of pyridine rings is 1. The Bertz CT molecular complexity index is 477. The van der Waals surface area contributed by atoms with Crippen molar-refractivity contribution in [2.45, 2.75) is 0 Å². The molecule has 0 aliphatic rings. The summed E-state index contributed by atoms with van der Waals surface area (Å²) < 4.78 is 0. The summed E-state index contributed by atoms with van der Waals surface area (Å²) in [6.45, 7) is 0. The molecule has 0 aliphatic heterocycles. The molecule has 0 atom stereocenters. The molecule has 66 valence electrons. The lowest BCUT2D eigenvalue weighted by Crippen LogP contribution is -2.10. The summed E-state index contributed by atoms with van der Waals surface area (Å²) in [7, 11) is 0. The van der Waals surface area contributed by atoms with Crippen LogP contribution in [0.25, 0.3) is 10.9 Å². The number of rotatable bonds is 1. The Kier molecular flexibility index (Phi) is 1.70. The molecule has 0 aromatic carbocycles. The molecule has 0 radical (unpaired) electrons. The largest absolute Gasteiger partial charge is 0.364 e. The number of hydrogen-bond donors (Lipinski definition) is 2. The highest BCUT2D eigenvalue weighted by Crippen LogP contribution is 2.21. The molecule has 0 aliphatic carbocycles. The summed E-state index contributed by atoms with van der Waals surface area (Å²) >= 11 is 5.79. The van der Waals surface area contributed by atoms with Crippen LogP contribution < -0.4 is 5.73 Å². The van der Waals surface area contributed by atoms with Crippen LogP contribution in [-0.2, 0) is 0 Å². The van der Waals surface area contributed by atoms with Crippen molar-refractivity contribution >= 4 is 28.4 Å². The van der Waals surface area contributed by atoms with Crippen LogP contribution in [0.2, 0.25) is 5.15 Å². The van der Waals surface area contributed by atoms with Crippen molar-refractivity contribution in [3.63, 3.8) is 0 Å². The van der Waals surface area contributed by atoms with Crippen molar-refractivity contribution in [3.8, 4) is 0 Å². The number of nitrogens with two attached hydrogens (primary N) is 1. The number of primary amides is 1. The second-order valence-electron chi connectivity index (χ2n) is 2.61. The van der Waals surface area contributed by atoms with Gasteiger partial charge in [-0.25, -0.2) is 4.98 Å². The minimum absolute atomic E-state index is 0.338. The molecule has 0 saturated heterocycles. The van der Waals surface area contributed by atoms with Crippen LogP contribution in [-0.4, -0.2) is 15.9 Å². The predicted molar refractivity (Wildman–Crippen MR) is 49.6 cm³/mol. The Morgan fingerprint density at radius 3 is 3.00 bits per heavy atom. The fourth-order valence-corrected chi connectivity index (χ4v) is 1.36. The number of nitrogens with zero attached hydrogens (tertiary/aromatic N) is 1. The van der Waals surface area contributed by atoms with Gasteiger partial charge in [0.1, 0.15) is 10.8 Å². The lowest BCUT2D eigenvalue weighted by atomic mass is 10.3. The normalized spacial score (nSPS) is 10.5. The highest BCUT2D eigenvalue weighted by molar-refractivity contribution is 6.34. The van der Waals surface area contributed by atoms with Crippen LogP contribution in [0.5, 0.6) is 0 Å². The van der Waals surface area contributed by atoms with Crippen LogP contribution in [0.15, 0.2) is 18.3 Å². The van der Waals surface area contributed by atoms with Gasteiger partial charge in [0.05, 0.1) is 5.52 Å². The number of carbonyl (C=O) groups excluding carboxylic acids is 1. The van der Waals surface area contributed by atoms with E-state index in [1.54, 1.807) is 18.3 Å². The van der Waals surface area contributed by atoms with Gasteiger partial charge in [0.15, 0.2) is 0 Å². The van der Waals surface area contributed by atoms with E-state index in [4.69, 9.17) is 17.3 Å². The van der Waals surface area contributed by atoms with Gasteiger partial charge in [-0.2, -0.15) is 0 Å². The van der Waals surface area contributed by atoms with E-state index in [-0.39, 0.29) is 0 Å². The zero-order chi connectivity index (χ0) is 9.42. The third-order valence-electron chi connectivity index (χ3n) is 1.76. The number of halogens is 1. The second-order valence-corrected chi connectivity index (χ2v) is 2.97. The molecule has 0 saturated carbocycles. The van der Waals surface area contributed by atoms with E-state index >= 15 is 0 Å². The van der Waals surface area contributed by atoms with E-state index in [1.807, 2.05) is 0 Å². The Hall–Kier alpha value is -1.55. The van der Waals surface area contributed by atoms with Crippen LogP contribution in [0.1, 0.15) is 10.5 Å². The minimum Gasteiger partial charge on any atom is -0.364 e. The Morgan fingerprint density at radius 1 is 1.62 bits per heavy atom. The summed E-state index contributed by atoms with van der Waals surface area (Å²) in [5, 5.41) is 1.07. The van der Waals surface area contributed by atoms with Gasteiger partial charge in [-0.3, -0.25) is 4.79 Å². The molecule has 3 N–H and O–H groups in total. The first kappa shape index (κ1) is 8.07. The number of aromatic nitrogens is 2. The number of hydrogen-bond acceptors (Lipinski definition) is 2.